The molecule has 0 aliphatic rings. The summed E-state index contributed by atoms with van der Waals surface area (Å²) in [6, 6.07) is 13.2. The van der Waals surface area contributed by atoms with Gasteiger partial charge in [-0.05, 0) is 45.0 Å². The van der Waals surface area contributed by atoms with Crippen molar-refractivity contribution in [3.8, 4) is 11.3 Å². The van der Waals surface area contributed by atoms with E-state index < -0.39 is 17.6 Å². The number of benzene rings is 1. The lowest BCUT2D eigenvalue weighted by atomic mass is 10.2. The SMILES string of the molecule is CN(Cc1nc(-c2cccnc2F)c(Sc2ccccc2)s1)C(=O)OC(C)(C)C. The molecule has 3 aromatic rings. The van der Waals surface area contributed by atoms with Crippen LogP contribution in [0.2, 0.25) is 0 Å². The first-order valence-electron chi connectivity index (χ1n) is 9.00. The molecule has 29 heavy (non-hydrogen) atoms. The van der Waals surface area contributed by atoms with Crippen LogP contribution < -0.4 is 0 Å². The van der Waals surface area contributed by atoms with E-state index in [0.29, 0.717) is 16.3 Å². The summed E-state index contributed by atoms with van der Waals surface area (Å²) in [6.07, 6.45) is 0.978. The van der Waals surface area contributed by atoms with Crippen LogP contribution in [0.25, 0.3) is 11.3 Å². The average molecular weight is 432 g/mol. The van der Waals surface area contributed by atoms with Crippen molar-refractivity contribution in [2.45, 2.75) is 42.0 Å². The van der Waals surface area contributed by atoms with Crippen LogP contribution in [-0.2, 0) is 11.3 Å². The fourth-order valence-electron chi connectivity index (χ4n) is 2.42. The van der Waals surface area contributed by atoms with Gasteiger partial charge in [-0.2, -0.15) is 4.39 Å². The number of hydrogen-bond donors (Lipinski definition) is 0. The molecule has 5 nitrogen and oxygen atoms in total. The summed E-state index contributed by atoms with van der Waals surface area (Å²) in [6.45, 7) is 5.73. The Morgan fingerprint density at radius 3 is 2.59 bits per heavy atom. The molecule has 1 amide bonds. The number of nitrogens with zero attached hydrogens (tertiary/aromatic N) is 3. The summed E-state index contributed by atoms with van der Waals surface area (Å²) in [5, 5.41) is 0.690. The molecule has 1 aromatic carbocycles. The number of pyridine rings is 1. The zero-order chi connectivity index (χ0) is 21.0. The molecule has 0 aliphatic heterocycles. The van der Waals surface area contributed by atoms with Crippen LogP contribution in [0.4, 0.5) is 9.18 Å². The highest BCUT2D eigenvalue weighted by molar-refractivity contribution is 8.01. The minimum absolute atomic E-state index is 0.268. The standard InChI is InChI=1S/C21H22FN3O2S2/c1-21(2,3)27-20(26)25(4)13-16-24-17(15-11-8-12-23-18(15)22)19(29-16)28-14-9-6-5-7-10-14/h5-12H,13H2,1-4H3. The molecule has 0 fully saturated rings. The molecule has 8 heteroatoms. The lowest BCUT2D eigenvalue weighted by Crippen LogP contribution is -2.33. The Kier molecular flexibility index (Phi) is 6.54. The largest absolute Gasteiger partial charge is 0.444 e. The maximum absolute atomic E-state index is 14.3. The van der Waals surface area contributed by atoms with Crippen molar-refractivity contribution in [1.29, 1.82) is 0 Å². The lowest BCUT2D eigenvalue weighted by molar-refractivity contribution is 0.0285. The van der Waals surface area contributed by atoms with E-state index in [1.54, 1.807) is 19.2 Å². The molecule has 3 rings (SSSR count). The number of carbonyl (C=O) groups is 1. The van der Waals surface area contributed by atoms with Gasteiger partial charge in [0.2, 0.25) is 5.95 Å². The molecule has 0 unspecified atom stereocenters. The van der Waals surface area contributed by atoms with Gasteiger partial charge in [0.15, 0.2) is 0 Å². The molecule has 0 saturated carbocycles. The van der Waals surface area contributed by atoms with Crippen LogP contribution >= 0.6 is 23.1 Å². The second-order valence-electron chi connectivity index (χ2n) is 7.34. The molecule has 0 N–H and O–H groups in total. The molecular weight excluding hydrogens is 409 g/mol. The summed E-state index contributed by atoms with van der Waals surface area (Å²) in [4.78, 5) is 23.1. The Labute approximate surface area is 178 Å². The minimum atomic E-state index is -0.577. The zero-order valence-electron chi connectivity index (χ0n) is 16.7. The van der Waals surface area contributed by atoms with Crippen LogP contribution in [0, 0.1) is 5.95 Å². The van der Waals surface area contributed by atoms with Crippen molar-refractivity contribution in [1.82, 2.24) is 14.9 Å². The number of carbonyl (C=O) groups excluding carboxylic acids is 1. The highest BCUT2D eigenvalue weighted by Crippen LogP contribution is 2.40. The number of halogens is 1. The van der Waals surface area contributed by atoms with E-state index in [1.807, 2.05) is 51.1 Å². The van der Waals surface area contributed by atoms with Gasteiger partial charge < -0.3 is 9.64 Å². The van der Waals surface area contributed by atoms with E-state index in [-0.39, 0.29) is 6.54 Å². The third-order valence-electron chi connectivity index (χ3n) is 3.69. The van der Waals surface area contributed by atoms with Crippen LogP contribution in [0.15, 0.2) is 57.8 Å². The minimum Gasteiger partial charge on any atom is -0.444 e. The maximum Gasteiger partial charge on any atom is 0.410 e. The summed E-state index contributed by atoms with van der Waals surface area (Å²) in [5.74, 6) is -0.570. The third-order valence-corrected chi connectivity index (χ3v) is 5.91. The van der Waals surface area contributed by atoms with Gasteiger partial charge in [-0.1, -0.05) is 30.0 Å². The summed E-state index contributed by atoms with van der Waals surface area (Å²) in [5.41, 5.74) is 0.294. The van der Waals surface area contributed by atoms with Crippen molar-refractivity contribution in [3.63, 3.8) is 0 Å². The lowest BCUT2D eigenvalue weighted by Gasteiger charge is -2.24. The molecular formula is C21H22FN3O2S2. The molecule has 2 heterocycles. The Balaban J connectivity index is 1.90. The highest BCUT2D eigenvalue weighted by atomic mass is 32.2. The maximum atomic E-state index is 14.3. The first-order valence-corrected chi connectivity index (χ1v) is 10.6. The summed E-state index contributed by atoms with van der Waals surface area (Å²) in [7, 11) is 1.66. The fraction of sp³-hybridized carbons (Fsp3) is 0.286. The van der Waals surface area contributed by atoms with Gasteiger partial charge in [0.25, 0.3) is 0 Å². The quantitative estimate of drug-likeness (QED) is 0.474. The number of aromatic nitrogens is 2. The number of hydrogen-bond acceptors (Lipinski definition) is 6. The van der Waals surface area contributed by atoms with Crippen LogP contribution in [0.5, 0.6) is 0 Å². The molecule has 0 spiro atoms. The van der Waals surface area contributed by atoms with Crippen molar-refractivity contribution in [2.75, 3.05) is 7.05 Å². The van der Waals surface area contributed by atoms with Crippen LogP contribution in [0.3, 0.4) is 0 Å². The topological polar surface area (TPSA) is 55.3 Å². The number of thiazole rings is 1. The van der Waals surface area contributed by atoms with Gasteiger partial charge in [-0.3, -0.25) is 0 Å². The van der Waals surface area contributed by atoms with E-state index >= 15 is 0 Å². The van der Waals surface area contributed by atoms with Crippen LogP contribution in [0.1, 0.15) is 25.8 Å². The highest BCUT2D eigenvalue weighted by Gasteiger charge is 2.23. The Hall–Kier alpha value is -2.45. The Morgan fingerprint density at radius 1 is 1.21 bits per heavy atom. The zero-order valence-corrected chi connectivity index (χ0v) is 18.3. The molecule has 2 aromatic heterocycles. The van der Waals surface area contributed by atoms with Gasteiger partial charge in [0.05, 0.1) is 16.3 Å². The normalized spacial score (nSPS) is 11.3. The smallest absolute Gasteiger partial charge is 0.410 e. The van der Waals surface area contributed by atoms with Crippen LogP contribution in [-0.4, -0.2) is 33.6 Å². The Morgan fingerprint density at radius 2 is 1.93 bits per heavy atom. The van der Waals surface area contributed by atoms with E-state index in [9.17, 15) is 9.18 Å². The summed E-state index contributed by atoms with van der Waals surface area (Å²) < 4.78 is 20.6. The van der Waals surface area contributed by atoms with Crippen molar-refractivity contribution in [2.24, 2.45) is 0 Å². The van der Waals surface area contributed by atoms with E-state index in [0.717, 1.165) is 9.10 Å². The predicted molar refractivity (Wildman–Crippen MR) is 114 cm³/mol. The number of ether oxygens (including phenoxy) is 1. The van der Waals surface area contributed by atoms with Gasteiger partial charge in [-0.15, -0.1) is 11.3 Å². The predicted octanol–water partition coefficient (Wildman–Crippen LogP) is 5.86. The van der Waals surface area contributed by atoms with Gasteiger partial charge in [0, 0.05) is 18.1 Å². The average Bonchev–Trinajstić information content (AvgIpc) is 3.03. The Bertz CT molecular complexity index is 987. The first kappa shape index (κ1) is 21.3. The van der Waals surface area contributed by atoms with Crippen molar-refractivity contribution >= 4 is 29.2 Å². The number of amides is 1. The fourth-order valence-corrected chi connectivity index (χ4v) is 4.79. The molecule has 0 aliphatic carbocycles. The first-order chi connectivity index (χ1) is 13.7. The van der Waals surface area contributed by atoms with Gasteiger partial charge in [-0.25, -0.2) is 14.8 Å². The van der Waals surface area contributed by atoms with Crippen molar-refractivity contribution in [3.05, 3.63) is 59.6 Å². The van der Waals surface area contributed by atoms with E-state index in [1.165, 1.54) is 34.2 Å². The van der Waals surface area contributed by atoms with Crippen molar-refractivity contribution < 1.29 is 13.9 Å². The van der Waals surface area contributed by atoms with Gasteiger partial charge in [0.1, 0.15) is 16.3 Å². The third kappa shape index (κ3) is 5.77. The second-order valence-corrected chi connectivity index (χ2v) is 9.76. The summed E-state index contributed by atoms with van der Waals surface area (Å²) >= 11 is 2.94. The van der Waals surface area contributed by atoms with Gasteiger partial charge >= 0.3 is 6.09 Å². The van der Waals surface area contributed by atoms with E-state index in [4.69, 9.17) is 4.74 Å². The monoisotopic (exact) mass is 431 g/mol. The molecule has 152 valence electrons. The second kappa shape index (κ2) is 8.92. The molecule has 0 saturated heterocycles. The molecule has 0 radical (unpaired) electrons. The van der Waals surface area contributed by atoms with E-state index in [2.05, 4.69) is 9.97 Å². The molecule has 0 atom stereocenters. The molecule has 0 bridgehead atoms. The number of rotatable bonds is 5.